The molecule has 0 aliphatic carbocycles. The molecule has 4 aromatic carbocycles. The van der Waals surface area contributed by atoms with Crippen molar-refractivity contribution in [1.29, 1.82) is 0 Å². The average Bonchev–Trinajstić information content (AvgIpc) is 3.24. The number of thioether (sulfide) groups is 1. The van der Waals surface area contributed by atoms with Crippen LogP contribution in [0.4, 0.5) is 27.6 Å². The van der Waals surface area contributed by atoms with E-state index in [0.29, 0.717) is 23.6 Å². The van der Waals surface area contributed by atoms with Gasteiger partial charge in [0.05, 0.1) is 35.5 Å². The van der Waals surface area contributed by atoms with Crippen molar-refractivity contribution in [2.24, 2.45) is 0 Å². The second-order valence-electron chi connectivity index (χ2n) is 11.3. The van der Waals surface area contributed by atoms with E-state index in [9.17, 15) is 38.0 Å². The first-order valence-corrected chi connectivity index (χ1v) is 16.5. The zero-order chi connectivity index (χ0) is 54.6. The van der Waals surface area contributed by atoms with Gasteiger partial charge in [0.25, 0.3) is 0 Å². The lowest BCUT2D eigenvalue weighted by molar-refractivity contribution is -0.137. The fraction of sp³-hybridized carbons (Fsp3) is 0.341. The van der Waals surface area contributed by atoms with Gasteiger partial charge < -0.3 is 24.5 Å². The number of aliphatic hydroxyl groups is 1. The van der Waals surface area contributed by atoms with Crippen molar-refractivity contribution in [2.45, 2.75) is 49.7 Å². The first-order chi connectivity index (χ1) is 32.6. The summed E-state index contributed by atoms with van der Waals surface area (Å²) in [5.74, 6) is -5.47. The minimum absolute atomic E-state index is 0.127. The Hall–Kier alpha value is -4.23. The number of aliphatic hydroxyl groups excluding tert-OH is 1. The standard InChI is InChI=1S/C41H42F5N3O3S/c1-27(28-10-12-29(13-11-28)30-14-16-32(17-15-30)41(44,45)46)49(33-18-20-47(21-19-33)22-23-52-2)38(51)25-48-36-9-4-3-7-34(36)37(50)24-39(48)53-26-31-6-5-8-35(42)40(31)43/h3-17,24,27,33,37,50H,18-23,25-26H2,1-2H3/i2D3,18D2,19D2,20D2,21D2,22D2,23D2,25D2,27D,33D. The number of alkyl halides is 3. The van der Waals surface area contributed by atoms with E-state index in [-0.39, 0.29) is 27.9 Å². The maximum absolute atomic E-state index is 15.8. The maximum atomic E-state index is 15.8. The van der Waals surface area contributed by atoms with Crippen LogP contribution in [-0.2, 0) is 21.5 Å². The highest BCUT2D eigenvalue weighted by molar-refractivity contribution is 8.02. The number of para-hydroxylation sites is 1. The summed E-state index contributed by atoms with van der Waals surface area (Å²) in [6.45, 7) is -21.5. The lowest BCUT2D eigenvalue weighted by Crippen LogP contribution is -2.51. The van der Waals surface area contributed by atoms with Gasteiger partial charge in [-0.1, -0.05) is 66.7 Å². The number of nitrogens with zero attached hydrogens (tertiary/aromatic N) is 3. The molecule has 4 aromatic rings. The highest BCUT2D eigenvalue weighted by Crippen LogP contribution is 2.41. The Kier molecular flexibility index (Phi) is 6.68. The van der Waals surface area contributed by atoms with Crippen LogP contribution in [0, 0.1) is 11.6 Å². The number of likely N-dealkylation sites (tertiary alicyclic amines) is 1. The van der Waals surface area contributed by atoms with Crippen molar-refractivity contribution in [1.82, 2.24) is 9.80 Å². The van der Waals surface area contributed by atoms with Gasteiger partial charge in [-0.25, -0.2) is 8.78 Å². The van der Waals surface area contributed by atoms with Gasteiger partial charge in [-0.3, -0.25) is 4.79 Å². The van der Waals surface area contributed by atoms with Crippen LogP contribution in [0.3, 0.4) is 0 Å². The molecule has 1 amide bonds. The van der Waals surface area contributed by atoms with Gasteiger partial charge in [-0.05, 0) is 66.7 Å². The van der Waals surface area contributed by atoms with Crippen molar-refractivity contribution < 1.29 is 62.6 Å². The van der Waals surface area contributed by atoms with Crippen LogP contribution in [0.15, 0.2) is 102 Å². The van der Waals surface area contributed by atoms with Gasteiger partial charge in [-0.15, -0.1) is 11.8 Å². The number of rotatable bonds is 12. The molecule has 2 atom stereocenters. The molecule has 0 saturated carbocycles. The van der Waals surface area contributed by atoms with Crippen molar-refractivity contribution >= 4 is 23.4 Å². The zero-order valence-electron chi connectivity index (χ0n) is 46.4. The second-order valence-corrected chi connectivity index (χ2v) is 12.3. The summed E-state index contributed by atoms with van der Waals surface area (Å²) < 4.78 is 242. The Morgan fingerprint density at radius 2 is 1.74 bits per heavy atom. The Labute approximate surface area is 337 Å². The minimum atomic E-state index is -4.72. The summed E-state index contributed by atoms with van der Waals surface area (Å²) in [7, 11) is -3.85. The second kappa shape index (κ2) is 16.8. The maximum Gasteiger partial charge on any atom is 0.416 e. The molecular formula is C41H42F5N3O3S. The number of carbonyl (C=O) groups is 1. The summed E-state index contributed by atoms with van der Waals surface area (Å²) in [4.78, 5) is 14.8. The van der Waals surface area contributed by atoms with Crippen molar-refractivity contribution in [2.75, 3.05) is 44.5 Å². The van der Waals surface area contributed by atoms with E-state index in [0.717, 1.165) is 78.9 Å². The number of hydrogen-bond donors (Lipinski definition) is 1. The van der Waals surface area contributed by atoms with E-state index >= 15 is 4.79 Å². The number of amides is 1. The Balaban J connectivity index is 1.61. The molecule has 12 heteroatoms. The third kappa shape index (κ3) is 8.95. The van der Waals surface area contributed by atoms with E-state index < -0.39 is 126 Å². The fourth-order valence-electron chi connectivity index (χ4n) is 5.36. The number of fused-ring (bicyclic) bond motifs is 1. The molecule has 0 radical (unpaired) electrons. The van der Waals surface area contributed by atoms with Crippen molar-refractivity contribution in [3.8, 4) is 11.1 Å². The molecule has 53 heavy (non-hydrogen) atoms. The van der Waals surface area contributed by atoms with Crippen LogP contribution in [0.25, 0.3) is 11.1 Å². The summed E-state index contributed by atoms with van der Waals surface area (Å²) in [5, 5.41) is 10.8. The molecular weight excluding hydrogens is 710 g/mol. The smallest absolute Gasteiger partial charge is 0.384 e. The number of halogens is 5. The molecule has 6 rings (SSSR count). The summed E-state index contributed by atoms with van der Waals surface area (Å²) >= 11 is 0.503. The molecule has 2 unspecified atom stereocenters. The quantitative estimate of drug-likeness (QED) is 0.145. The molecule has 1 N–H and O–H groups in total. The van der Waals surface area contributed by atoms with Crippen LogP contribution in [-0.4, -0.2) is 66.4 Å². The normalized spacial score (nSPS) is 28.7. The van der Waals surface area contributed by atoms with E-state index in [2.05, 4.69) is 4.74 Å². The number of methoxy groups -OCH3 is 1. The van der Waals surface area contributed by atoms with E-state index in [1.807, 2.05) is 0 Å². The molecule has 1 saturated heterocycles. The van der Waals surface area contributed by atoms with E-state index in [1.54, 1.807) is 0 Å². The number of anilines is 1. The van der Waals surface area contributed by atoms with Gasteiger partial charge in [0, 0.05) is 68.8 Å². The minimum Gasteiger partial charge on any atom is -0.384 e. The fourth-order valence-corrected chi connectivity index (χ4v) is 6.39. The molecule has 2 heterocycles. The number of hydrogen-bond acceptors (Lipinski definition) is 6. The lowest BCUT2D eigenvalue weighted by atomic mass is 9.96. The molecule has 0 spiro atoms. The topological polar surface area (TPSA) is 56.2 Å². The van der Waals surface area contributed by atoms with Crippen LogP contribution in [0.5, 0.6) is 0 Å². The Morgan fingerprint density at radius 3 is 2.42 bits per heavy atom. The zero-order valence-corrected chi connectivity index (χ0v) is 28.2. The predicted molar refractivity (Wildman–Crippen MR) is 198 cm³/mol. The molecule has 6 nitrogen and oxygen atoms in total. The van der Waals surface area contributed by atoms with Gasteiger partial charge >= 0.3 is 6.18 Å². The number of ether oxygens (including phenoxy) is 1. The summed E-state index contributed by atoms with van der Waals surface area (Å²) in [6, 6.07) is 8.10. The van der Waals surface area contributed by atoms with E-state index in [4.69, 9.17) is 15.1 Å². The molecule has 0 bridgehead atoms. The first kappa shape index (κ1) is 21.0. The first-order valence-electron chi connectivity index (χ1n) is 25.0. The number of benzene rings is 4. The van der Waals surface area contributed by atoms with Gasteiger partial charge in [-0.2, -0.15) is 13.2 Å². The highest BCUT2D eigenvalue weighted by Gasteiger charge is 2.35. The van der Waals surface area contributed by atoms with Gasteiger partial charge in [0.2, 0.25) is 5.91 Å². The van der Waals surface area contributed by atoms with Crippen molar-refractivity contribution in [3.63, 3.8) is 0 Å². The average molecular weight is 771 g/mol. The van der Waals surface area contributed by atoms with Gasteiger partial charge in [0.1, 0.15) is 12.6 Å². The SMILES string of the molecule is [2H]C([2H])([2H])OC([2H])([2H])C([2H])([2H])N1C([2H])([2H])C([2H])([2H])C([2H])(N(C(=O)C([2H])([2H])N2C(SCc3cccc(F)c3F)=CC(O)c3ccccc32)C([2H])(C)c2ccc(-c3ccc(C(F)(F)F)cc3)cc2)C([2H])([2H])C1([2H])[2H]. The Morgan fingerprint density at radius 1 is 1.06 bits per heavy atom. The highest BCUT2D eigenvalue weighted by atomic mass is 32.2. The van der Waals surface area contributed by atoms with Crippen LogP contribution >= 0.6 is 11.8 Å². The largest absolute Gasteiger partial charge is 0.416 e. The molecule has 2 aliphatic heterocycles. The van der Waals surface area contributed by atoms with Gasteiger partial charge in [0.15, 0.2) is 11.6 Å². The lowest BCUT2D eigenvalue weighted by Gasteiger charge is -2.43. The van der Waals surface area contributed by atoms with Crippen molar-refractivity contribution in [3.05, 3.63) is 136 Å². The monoisotopic (exact) mass is 770 g/mol. The summed E-state index contributed by atoms with van der Waals surface area (Å²) in [6.07, 6.45) is -14.8. The van der Waals surface area contributed by atoms with E-state index in [1.165, 1.54) is 18.2 Å². The number of carbonyl (C=O) groups excluding carboxylic acids is 1. The third-order valence-electron chi connectivity index (χ3n) is 8.02. The van der Waals surface area contributed by atoms with Crippen LogP contribution in [0.2, 0.25) is 0 Å². The third-order valence-corrected chi connectivity index (χ3v) is 9.09. The Bertz CT molecular complexity index is 2720. The predicted octanol–water partition coefficient (Wildman–Crippen LogP) is 8.98. The molecule has 0 aromatic heterocycles. The molecule has 1 fully saturated rings. The molecule has 280 valence electrons. The molecule has 2 aliphatic rings. The van der Waals surface area contributed by atoms with Crippen LogP contribution < -0.4 is 4.90 Å². The summed E-state index contributed by atoms with van der Waals surface area (Å²) in [5.41, 5.74) is -2.14. The number of piperidine rings is 1. The van der Waals surface area contributed by atoms with Crippen LogP contribution in [0.1, 0.15) is 80.1 Å².